The van der Waals surface area contributed by atoms with Gasteiger partial charge in [0.1, 0.15) is 0 Å². The minimum Gasteiger partial charge on any atom is -0.0587 e. The quantitative estimate of drug-likeness (QED) is 0.202. The van der Waals surface area contributed by atoms with Gasteiger partial charge >= 0.3 is 0 Å². The highest BCUT2D eigenvalue weighted by atomic mass is 127. The van der Waals surface area contributed by atoms with Crippen molar-refractivity contribution in [2.45, 2.75) is 119 Å². The van der Waals surface area contributed by atoms with Gasteiger partial charge in [-0.25, -0.2) is 0 Å². The first-order valence-electron chi connectivity index (χ1n) is 14.5. The summed E-state index contributed by atoms with van der Waals surface area (Å²) in [5, 5.41) is 0. The van der Waals surface area contributed by atoms with E-state index in [0.29, 0.717) is 35.5 Å². The average molecular weight is 735 g/mol. The first kappa shape index (κ1) is 31.6. The minimum atomic E-state index is 0.461. The van der Waals surface area contributed by atoms with Gasteiger partial charge in [0.05, 0.1) is 0 Å². The molecule has 0 bridgehead atoms. The van der Waals surface area contributed by atoms with Crippen molar-refractivity contribution in [1.82, 2.24) is 0 Å². The lowest BCUT2D eigenvalue weighted by molar-refractivity contribution is 0.806. The molecule has 0 aromatic heterocycles. The summed E-state index contributed by atoms with van der Waals surface area (Å²) < 4.78 is 2.68. The van der Waals surface area contributed by atoms with Crippen LogP contribution in [0.1, 0.15) is 152 Å². The van der Waals surface area contributed by atoms with Gasteiger partial charge in [0.2, 0.25) is 0 Å². The molecule has 0 saturated heterocycles. The van der Waals surface area contributed by atoms with Crippen molar-refractivity contribution < 1.29 is 0 Å². The molecule has 0 aliphatic heterocycles. The van der Waals surface area contributed by atoms with Gasteiger partial charge in [0.25, 0.3) is 0 Å². The summed E-state index contributed by atoms with van der Waals surface area (Å²) in [7, 11) is 0. The second-order valence-corrected chi connectivity index (χ2v) is 15.2. The van der Waals surface area contributed by atoms with Gasteiger partial charge in [0.15, 0.2) is 0 Å². The van der Waals surface area contributed by atoms with Crippen molar-refractivity contribution in [3.05, 3.63) is 76.9 Å². The molecule has 0 fully saturated rings. The first-order chi connectivity index (χ1) is 17.6. The Kier molecular flexibility index (Phi) is 10.6. The van der Waals surface area contributed by atoms with Crippen LogP contribution in [-0.2, 0) is 0 Å². The number of halogens is 2. The fourth-order valence-electron chi connectivity index (χ4n) is 5.47. The van der Waals surface area contributed by atoms with Crippen molar-refractivity contribution in [3.8, 4) is 22.3 Å². The van der Waals surface area contributed by atoms with E-state index >= 15 is 0 Å². The predicted molar refractivity (Wildman–Crippen MR) is 187 cm³/mol. The van der Waals surface area contributed by atoms with Crippen LogP contribution in [0.2, 0.25) is 0 Å². The third-order valence-corrected chi connectivity index (χ3v) is 9.65. The van der Waals surface area contributed by atoms with Crippen molar-refractivity contribution in [2.75, 3.05) is 0 Å². The molecule has 206 valence electrons. The van der Waals surface area contributed by atoms with Gasteiger partial charge in [-0.2, -0.15) is 0 Å². The molecule has 0 amide bonds. The van der Waals surface area contributed by atoms with Gasteiger partial charge in [-0.3, -0.25) is 0 Å². The molecule has 0 N–H and O–H groups in total. The molecule has 0 unspecified atom stereocenters. The third-order valence-electron chi connectivity index (χ3n) is 7.86. The van der Waals surface area contributed by atoms with Crippen LogP contribution in [0.15, 0.2) is 36.4 Å². The molecule has 0 saturated carbocycles. The highest BCUT2D eigenvalue weighted by molar-refractivity contribution is 14.1. The molecule has 0 nitrogen and oxygen atoms in total. The Balaban J connectivity index is 2.48. The lowest BCUT2D eigenvalue weighted by Gasteiger charge is -2.27. The zero-order valence-electron chi connectivity index (χ0n) is 25.7. The molecular formula is C36H48I2. The normalized spacial score (nSPS) is 12.3. The molecule has 2 heteroatoms. The van der Waals surface area contributed by atoms with Crippen molar-refractivity contribution >= 4 is 45.2 Å². The number of rotatable bonds is 8. The second-order valence-electron chi connectivity index (χ2n) is 12.9. The Labute approximate surface area is 261 Å². The zero-order valence-corrected chi connectivity index (χ0v) is 30.0. The monoisotopic (exact) mass is 734 g/mol. The van der Waals surface area contributed by atoms with Gasteiger partial charge in [-0.15, -0.1) is 0 Å². The lowest BCUT2D eigenvalue weighted by atomic mass is 9.79. The Bertz CT molecular complexity index is 1130. The number of hydrogen-bond acceptors (Lipinski definition) is 0. The molecule has 3 aromatic rings. The highest BCUT2D eigenvalue weighted by Crippen LogP contribution is 2.46. The van der Waals surface area contributed by atoms with E-state index in [2.05, 4.69) is 165 Å². The highest BCUT2D eigenvalue weighted by Gasteiger charge is 2.24. The summed E-state index contributed by atoms with van der Waals surface area (Å²) in [6, 6.07) is 14.9. The minimum absolute atomic E-state index is 0.461. The summed E-state index contributed by atoms with van der Waals surface area (Å²) in [5.74, 6) is 2.88. The molecule has 0 radical (unpaired) electrons. The predicted octanol–water partition coefficient (Wildman–Crippen LogP) is 13.0. The maximum Gasteiger partial charge on any atom is 0.0219 e. The van der Waals surface area contributed by atoms with Crippen molar-refractivity contribution in [3.63, 3.8) is 0 Å². The molecular weight excluding hydrogens is 686 g/mol. The average Bonchev–Trinajstić information content (AvgIpc) is 2.82. The Morgan fingerprint density at radius 3 is 0.842 bits per heavy atom. The maximum absolute atomic E-state index is 2.58. The fourth-order valence-corrected chi connectivity index (χ4v) is 7.54. The van der Waals surface area contributed by atoms with E-state index < -0.39 is 0 Å². The summed E-state index contributed by atoms with van der Waals surface area (Å²) in [6.45, 7) is 28.1. The van der Waals surface area contributed by atoms with Crippen LogP contribution in [-0.4, -0.2) is 0 Å². The summed E-state index contributed by atoms with van der Waals surface area (Å²) in [6.07, 6.45) is 0. The second kappa shape index (κ2) is 12.7. The molecule has 0 heterocycles. The van der Waals surface area contributed by atoms with E-state index in [1.165, 1.54) is 62.8 Å². The number of benzene rings is 3. The maximum atomic E-state index is 2.58. The van der Waals surface area contributed by atoms with Crippen LogP contribution in [0, 0.1) is 7.14 Å². The largest absolute Gasteiger partial charge is 0.0587 e. The van der Waals surface area contributed by atoms with Crippen LogP contribution in [0.5, 0.6) is 0 Å². The molecule has 0 atom stereocenters. The van der Waals surface area contributed by atoms with Crippen molar-refractivity contribution in [1.29, 1.82) is 0 Å². The molecule has 38 heavy (non-hydrogen) atoms. The van der Waals surface area contributed by atoms with Gasteiger partial charge in [0, 0.05) is 7.14 Å². The standard InChI is InChI=1S/C36H48I2/c1-19(2)25-13-27(21(5)6)35(28(14-25)22(7)8)31-17-32(34(38)18-33(31)37)36-29(23(9)10)15-26(20(3)4)16-30(36)24(11)12/h13-24H,1-12H3. The van der Waals surface area contributed by atoms with E-state index in [1.807, 2.05) is 0 Å². The van der Waals surface area contributed by atoms with Gasteiger partial charge in [-0.05, 0) is 148 Å². The van der Waals surface area contributed by atoms with Gasteiger partial charge < -0.3 is 0 Å². The van der Waals surface area contributed by atoms with Crippen LogP contribution in [0.3, 0.4) is 0 Å². The smallest absolute Gasteiger partial charge is 0.0219 e. The van der Waals surface area contributed by atoms with Crippen LogP contribution >= 0.6 is 45.2 Å². The van der Waals surface area contributed by atoms with E-state index in [1.54, 1.807) is 0 Å². The van der Waals surface area contributed by atoms with Crippen molar-refractivity contribution in [2.24, 2.45) is 0 Å². The lowest BCUT2D eigenvalue weighted by Crippen LogP contribution is -2.07. The Hall–Kier alpha value is -0.880. The van der Waals surface area contributed by atoms with Crippen LogP contribution in [0.25, 0.3) is 22.3 Å². The first-order valence-corrected chi connectivity index (χ1v) is 16.7. The topological polar surface area (TPSA) is 0 Å². The van der Waals surface area contributed by atoms with E-state index in [-0.39, 0.29) is 0 Å². The molecule has 3 rings (SSSR count). The molecule has 0 spiro atoms. The Morgan fingerprint density at radius 2 is 0.632 bits per heavy atom. The molecule has 3 aromatic carbocycles. The molecule has 0 aliphatic carbocycles. The van der Waals surface area contributed by atoms with Crippen LogP contribution < -0.4 is 0 Å². The van der Waals surface area contributed by atoms with E-state index in [0.717, 1.165) is 0 Å². The van der Waals surface area contributed by atoms with E-state index in [9.17, 15) is 0 Å². The zero-order chi connectivity index (χ0) is 28.6. The van der Waals surface area contributed by atoms with Gasteiger partial charge in [-0.1, -0.05) is 107 Å². The fraction of sp³-hybridized carbons (Fsp3) is 0.500. The summed E-state index contributed by atoms with van der Waals surface area (Å²) in [4.78, 5) is 0. The Morgan fingerprint density at radius 1 is 0.368 bits per heavy atom. The number of hydrogen-bond donors (Lipinski definition) is 0. The summed E-state index contributed by atoms with van der Waals surface area (Å²) in [5.41, 5.74) is 14.5. The third kappa shape index (κ3) is 6.53. The SMILES string of the molecule is CC(C)c1cc(C(C)C)c(-c2cc(-c3c(C(C)C)cc(C(C)C)cc3C(C)C)c(I)cc2I)c(C(C)C)c1. The summed E-state index contributed by atoms with van der Waals surface area (Å²) >= 11 is 5.16. The van der Waals surface area contributed by atoms with E-state index in [4.69, 9.17) is 0 Å². The van der Waals surface area contributed by atoms with Crippen LogP contribution in [0.4, 0.5) is 0 Å². The molecule has 0 aliphatic rings.